The van der Waals surface area contributed by atoms with E-state index in [1.165, 1.54) is 4.90 Å². The fourth-order valence-corrected chi connectivity index (χ4v) is 2.01. The summed E-state index contributed by atoms with van der Waals surface area (Å²) in [4.78, 5) is 24.5. The van der Waals surface area contributed by atoms with Crippen molar-refractivity contribution in [3.63, 3.8) is 0 Å². The lowest BCUT2D eigenvalue weighted by Gasteiger charge is -2.24. The van der Waals surface area contributed by atoms with Gasteiger partial charge in [-0.15, -0.1) is 0 Å². The van der Waals surface area contributed by atoms with Gasteiger partial charge in [0.25, 0.3) is 0 Å². The second-order valence-corrected chi connectivity index (χ2v) is 4.94. The number of nitrogens with zero attached hydrogens (tertiary/aromatic N) is 1. The molecule has 0 aromatic heterocycles. The van der Waals surface area contributed by atoms with Gasteiger partial charge in [-0.05, 0) is 24.3 Å². The van der Waals surface area contributed by atoms with Crippen LogP contribution in [0.1, 0.15) is 24.4 Å². The molecule has 5 heteroatoms. The predicted octanol–water partition coefficient (Wildman–Crippen LogP) is 1.01. The highest BCUT2D eigenvalue weighted by atomic mass is 16.4. The first-order valence-corrected chi connectivity index (χ1v) is 6.39. The van der Waals surface area contributed by atoms with Gasteiger partial charge in [0.15, 0.2) is 0 Å². The van der Waals surface area contributed by atoms with E-state index >= 15 is 0 Å². The van der Waals surface area contributed by atoms with E-state index in [1.807, 2.05) is 18.2 Å². The number of hydrogen-bond acceptors (Lipinski definition) is 3. The summed E-state index contributed by atoms with van der Waals surface area (Å²) >= 11 is 0. The largest absolute Gasteiger partial charge is 0.480 e. The van der Waals surface area contributed by atoms with Crippen molar-refractivity contribution in [2.24, 2.45) is 11.7 Å². The molecule has 5 nitrogen and oxygen atoms in total. The van der Waals surface area contributed by atoms with Gasteiger partial charge < -0.3 is 15.7 Å². The van der Waals surface area contributed by atoms with Crippen LogP contribution in [0.2, 0.25) is 0 Å². The zero-order valence-electron chi connectivity index (χ0n) is 10.7. The number of carboxylic acids is 1. The molecule has 3 N–H and O–H groups in total. The summed E-state index contributed by atoms with van der Waals surface area (Å²) < 4.78 is 0. The molecule has 1 atom stereocenters. The molecule has 0 radical (unpaired) electrons. The van der Waals surface area contributed by atoms with Gasteiger partial charge >= 0.3 is 5.97 Å². The lowest BCUT2D eigenvalue weighted by atomic mass is 10.1. The minimum Gasteiger partial charge on any atom is -0.480 e. The molecule has 2 rings (SSSR count). The summed E-state index contributed by atoms with van der Waals surface area (Å²) in [6.07, 6.45) is 2.12. The average Bonchev–Trinajstić information content (AvgIpc) is 3.21. The maximum Gasteiger partial charge on any atom is 0.323 e. The molecule has 102 valence electrons. The van der Waals surface area contributed by atoms with Crippen LogP contribution in [0.15, 0.2) is 30.3 Å². The zero-order valence-corrected chi connectivity index (χ0v) is 10.7. The second-order valence-electron chi connectivity index (χ2n) is 4.94. The Balaban J connectivity index is 2.06. The SMILES string of the molecule is N[C@@H](C(=O)N(CC(=O)O)CC1CC1)c1ccccc1. The molecular weight excluding hydrogens is 244 g/mol. The molecule has 1 aromatic rings. The number of carboxylic acid groups (broad SMARTS) is 1. The summed E-state index contributed by atoms with van der Waals surface area (Å²) in [5.41, 5.74) is 6.63. The van der Waals surface area contributed by atoms with Crippen molar-refractivity contribution in [1.82, 2.24) is 4.90 Å². The molecule has 1 aliphatic rings. The first-order chi connectivity index (χ1) is 9.08. The van der Waals surface area contributed by atoms with E-state index in [4.69, 9.17) is 10.8 Å². The minimum absolute atomic E-state index is 0.282. The quantitative estimate of drug-likeness (QED) is 0.801. The van der Waals surface area contributed by atoms with Crippen LogP contribution in [0.5, 0.6) is 0 Å². The summed E-state index contributed by atoms with van der Waals surface area (Å²) in [6.45, 7) is 0.210. The van der Waals surface area contributed by atoms with Crippen LogP contribution in [0.3, 0.4) is 0 Å². The van der Waals surface area contributed by atoms with Crippen LogP contribution in [-0.2, 0) is 9.59 Å². The van der Waals surface area contributed by atoms with Crippen molar-refractivity contribution in [3.05, 3.63) is 35.9 Å². The highest BCUT2D eigenvalue weighted by Crippen LogP contribution is 2.30. The molecule has 1 fully saturated rings. The fourth-order valence-electron chi connectivity index (χ4n) is 2.01. The number of amides is 1. The van der Waals surface area contributed by atoms with Crippen LogP contribution in [0.4, 0.5) is 0 Å². The Labute approximate surface area is 112 Å². The van der Waals surface area contributed by atoms with Crippen LogP contribution in [0.25, 0.3) is 0 Å². The number of hydrogen-bond donors (Lipinski definition) is 2. The molecule has 0 unspecified atom stereocenters. The second kappa shape index (κ2) is 5.84. The van der Waals surface area contributed by atoms with Crippen molar-refractivity contribution in [2.45, 2.75) is 18.9 Å². The molecule has 0 aliphatic heterocycles. The molecule has 19 heavy (non-hydrogen) atoms. The topological polar surface area (TPSA) is 83.6 Å². The number of rotatable bonds is 6. The van der Waals surface area contributed by atoms with Crippen LogP contribution < -0.4 is 5.73 Å². The van der Waals surface area contributed by atoms with Crippen molar-refractivity contribution >= 4 is 11.9 Å². The Bertz CT molecular complexity index is 457. The van der Waals surface area contributed by atoms with Gasteiger partial charge in [0.05, 0.1) is 0 Å². The van der Waals surface area contributed by atoms with E-state index in [-0.39, 0.29) is 12.5 Å². The number of benzene rings is 1. The Morgan fingerprint density at radius 3 is 2.47 bits per heavy atom. The monoisotopic (exact) mass is 262 g/mol. The summed E-state index contributed by atoms with van der Waals surface area (Å²) in [5, 5.41) is 8.88. The third-order valence-corrected chi connectivity index (χ3v) is 3.24. The number of nitrogens with two attached hydrogens (primary N) is 1. The highest BCUT2D eigenvalue weighted by Gasteiger charge is 2.30. The van der Waals surface area contributed by atoms with Gasteiger partial charge in [0.1, 0.15) is 12.6 Å². The molecule has 1 aliphatic carbocycles. The predicted molar refractivity (Wildman–Crippen MR) is 70.3 cm³/mol. The molecule has 1 amide bonds. The lowest BCUT2D eigenvalue weighted by Crippen LogP contribution is -2.42. The third-order valence-electron chi connectivity index (χ3n) is 3.24. The summed E-state index contributed by atoms with van der Waals surface area (Å²) in [7, 11) is 0. The molecule has 0 bridgehead atoms. The number of carbonyl (C=O) groups excluding carboxylic acids is 1. The van der Waals surface area contributed by atoms with Gasteiger partial charge in [-0.2, -0.15) is 0 Å². The minimum atomic E-state index is -1.01. The van der Waals surface area contributed by atoms with Gasteiger partial charge in [-0.1, -0.05) is 30.3 Å². The highest BCUT2D eigenvalue weighted by molar-refractivity contribution is 5.86. The fraction of sp³-hybridized carbons (Fsp3) is 0.429. The first-order valence-electron chi connectivity index (χ1n) is 6.39. The molecule has 0 saturated heterocycles. The molecule has 1 aromatic carbocycles. The lowest BCUT2D eigenvalue weighted by molar-refractivity contribution is -0.145. The number of aliphatic carboxylic acids is 1. The van der Waals surface area contributed by atoms with Crippen LogP contribution in [-0.4, -0.2) is 35.0 Å². The Morgan fingerprint density at radius 2 is 1.95 bits per heavy atom. The van der Waals surface area contributed by atoms with Crippen LogP contribution in [0, 0.1) is 5.92 Å². The van der Waals surface area contributed by atoms with Crippen molar-refractivity contribution in [1.29, 1.82) is 0 Å². The first kappa shape index (κ1) is 13.5. The molecule has 0 spiro atoms. The zero-order chi connectivity index (χ0) is 13.8. The number of carbonyl (C=O) groups is 2. The Kier molecular flexibility index (Phi) is 4.16. The van der Waals surface area contributed by atoms with Crippen LogP contribution >= 0.6 is 0 Å². The van der Waals surface area contributed by atoms with Gasteiger partial charge in [0.2, 0.25) is 5.91 Å². The Hall–Kier alpha value is -1.88. The molecular formula is C14H18N2O3. The van der Waals surface area contributed by atoms with Gasteiger partial charge in [-0.25, -0.2) is 0 Å². The Morgan fingerprint density at radius 1 is 1.32 bits per heavy atom. The van der Waals surface area contributed by atoms with Crippen molar-refractivity contribution < 1.29 is 14.7 Å². The van der Waals surface area contributed by atoms with E-state index in [0.29, 0.717) is 18.0 Å². The van der Waals surface area contributed by atoms with E-state index < -0.39 is 12.0 Å². The normalized spacial score (nSPS) is 15.8. The molecule has 0 heterocycles. The van der Waals surface area contributed by atoms with Crippen molar-refractivity contribution in [2.75, 3.05) is 13.1 Å². The average molecular weight is 262 g/mol. The van der Waals surface area contributed by atoms with E-state index in [9.17, 15) is 9.59 Å². The van der Waals surface area contributed by atoms with E-state index in [1.54, 1.807) is 12.1 Å². The smallest absolute Gasteiger partial charge is 0.323 e. The maximum atomic E-state index is 12.3. The van der Waals surface area contributed by atoms with E-state index in [0.717, 1.165) is 12.8 Å². The maximum absolute atomic E-state index is 12.3. The third kappa shape index (κ3) is 3.79. The standard InChI is InChI=1S/C14H18N2O3/c15-13(11-4-2-1-3-5-11)14(19)16(9-12(17)18)8-10-6-7-10/h1-5,10,13H,6-9,15H2,(H,17,18)/t13-/m1/s1. The van der Waals surface area contributed by atoms with Crippen molar-refractivity contribution in [3.8, 4) is 0 Å². The summed E-state index contributed by atoms with van der Waals surface area (Å²) in [5.74, 6) is -0.888. The molecule has 1 saturated carbocycles. The van der Waals surface area contributed by atoms with Gasteiger partial charge in [-0.3, -0.25) is 9.59 Å². The van der Waals surface area contributed by atoms with Gasteiger partial charge in [0, 0.05) is 6.54 Å². The van der Waals surface area contributed by atoms with E-state index in [2.05, 4.69) is 0 Å². The summed E-state index contributed by atoms with van der Waals surface area (Å²) in [6, 6.07) is 8.23.